The third-order valence-corrected chi connectivity index (χ3v) is 2.65. The Bertz CT molecular complexity index is 408. The van der Waals surface area contributed by atoms with Crippen molar-refractivity contribution in [3.63, 3.8) is 0 Å². The first kappa shape index (κ1) is 14.7. The molecular weight excluding hydrogens is 248 g/mol. The summed E-state index contributed by atoms with van der Waals surface area (Å²) in [5, 5.41) is 0. The van der Waals surface area contributed by atoms with Gasteiger partial charge in [-0.25, -0.2) is 0 Å². The van der Waals surface area contributed by atoms with E-state index >= 15 is 0 Å². The minimum absolute atomic E-state index is 0.340. The number of hydrogen-bond acceptors (Lipinski definition) is 4. The Morgan fingerprint density at radius 3 is 2.50 bits per heavy atom. The van der Waals surface area contributed by atoms with Crippen LogP contribution in [-0.2, 0) is 0 Å². The predicted octanol–water partition coefficient (Wildman–Crippen LogP) is 1.66. The third-order valence-electron chi connectivity index (χ3n) is 2.42. The molecule has 0 saturated carbocycles. The van der Waals surface area contributed by atoms with Crippen LogP contribution in [0.5, 0.6) is 11.5 Å². The second-order valence-corrected chi connectivity index (χ2v) is 4.71. The zero-order chi connectivity index (χ0) is 13.5. The molecule has 4 nitrogen and oxygen atoms in total. The maximum atomic E-state index is 5.67. The van der Waals surface area contributed by atoms with Crippen molar-refractivity contribution in [2.75, 3.05) is 34.4 Å². The number of thiocarbonyl (C=S) groups is 1. The topological polar surface area (TPSA) is 47.7 Å². The molecule has 0 aromatic heterocycles. The fourth-order valence-electron chi connectivity index (χ4n) is 1.49. The second kappa shape index (κ2) is 7.18. The molecule has 0 aliphatic rings. The molecule has 1 rings (SSSR count). The van der Waals surface area contributed by atoms with Crippen molar-refractivity contribution in [3.05, 3.63) is 23.8 Å². The summed E-state index contributed by atoms with van der Waals surface area (Å²) in [5.74, 6) is 1.43. The Hall–Kier alpha value is -1.33. The number of nitrogens with zero attached hydrogens (tertiary/aromatic N) is 1. The van der Waals surface area contributed by atoms with Gasteiger partial charge in [0.25, 0.3) is 0 Å². The second-order valence-electron chi connectivity index (χ2n) is 4.27. The maximum absolute atomic E-state index is 5.67. The SMILES string of the molecule is COc1cc(OCCCN(C)C)cc(C(N)=S)c1. The average Bonchev–Trinajstić information content (AvgIpc) is 2.34. The van der Waals surface area contributed by atoms with E-state index < -0.39 is 0 Å². The molecule has 1 aromatic rings. The van der Waals surface area contributed by atoms with Gasteiger partial charge in [0, 0.05) is 18.2 Å². The van der Waals surface area contributed by atoms with Crippen LogP contribution >= 0.6 is 12.2 Å². The molecule has 0 bridgehead atoms. The molecule has 2 N–H and O–H groups in total. The maximum Gasteiger partial charge on any atom is 0.123 e. The summed E-state index contributed by atoms with van der Waals surface area (Å²) in [6, 6.07) is 5.47. The first-order chi connectivity index (χ1) is 8.52. The summed E-state index contributed by atoms with van der Waals surface area (Å²) < 4.78 is 10.9. The number of ether oxygens (including phenoxy) is 2. The van der Waals surface area contributed by atoms with Gasteiger partial charge in [-0.05, 0) is 32.6 Å². The van der Waals surface area contributed by atoms with Crippen molar-refractivity contribution >= 4 is 17.2 Å². The lowest BCUT2D eigenvalue weighted by atomic mass is 10.2. The van der Waals surface area contributed by atoms with E-state index in [2.05, 4.69) is 4.90 Å². The van der Waals surface area contributed by atoms with Crippen LogP contribution in [0.4, 0.5) is 0 Å². The minimum Gasteiger partial charge on any atom is -0.497 e. The highest BCUT2D eigenvalue weighted by molar-refractivity contribution is 7.80. The minimum atomic E-state index is 0.340. The molecule has 0 aliphatic heterocycles. The molecule has 0 saturated heterocycles. The van der Waals surface area contributed by atoms with Crippen molar-refractivity contribution in [1.82, 2.24) is 4.90 Å². The quantitative estimate of drug-likeness (QED) is 0.602. The van der Waals surface area contributed by atoms with Gasteiger partial charge in [-0.2, -0.15) is 0 Å². The van der Waals surface area contributed by atoms with Crippen molar-refractivity contribution < 1.29 is 9.47 Å². The van der Waals surface area contributed by atoms with Gasteiger partial charge in [-0.15, -0.1) is 0 Å². The molecule has 1 aromatic carbocycles. The fraction of sp³-hybridized carbons (Fsp3) is 0.462. The Morgan fingerprint density at radius 2 is 1.94 bits per heavy atom. The number of benzene rings is 1. The van der Waals surface area contributed by atoms with Gasteiger partial charge in [-0.3, -0.25) is 0 Å². The first-order valence-electron chi connectivity index (χ1n) is 5.79. The lowest BCUT2D eigenvalue weighted by molar-refractivity contribution is 0.280. The lowest BCUT2D eigenvalue weighted by Crippen LogP contribution is -2.15. The van der Waals surface area contributed by atoms with E-state index in [1.54, 1.807) is 13.2 Å². The summed E-state index contributed by atoms with van der Waals surface area (Å²) in [6.45, 7) is 1.65. The molecule has 0 aliphatic carbocycles. The highest BCUT2D eigenvalue weighted by atomic mass is 32.1. The molecule has 0 spiro atoms. The van der Waals surface area contributed by atoms with E-state index in [4.69, 9.17) is 27.4 Å². The Morgan fingerprint density at radius 1 is 1.28 bits per heavy atom. The molecule has 0 unspecified atom stereocenters. The van der Waals surface area contributed by atoms with Crippen LogP contribution in [-0.4, -0.2) is 44.2 Å². The Balaban J connectivity index is 2.64. The fourth-order valence-corrected chi connectivity index (χ4v) is 1.60. The van der Waals surface area contributed by atoms with Crippen LogP contribution < -0.4 is 15.2 Å². The Kier molecular flexibility index (Phi) is 5.88. The number of rotatable bonds is 7. The van der Waals surface area contributed by atoms with E-state index in [1.807, 2.05) is 26.2 Å². The van der Waals surface area contributed by atoms with Gasteiger partial charge in [0.05, 0.1) is 13.7 Å². The zero-order valence-electron chi connectivity index (χ0n) is 11.1. The molecule has 0 radical (unpaired) electrons. The van der Waals surface area contributed by atoms with E-state index in [1.165, 1.54) is 0 Å². The first-order valence-corrected chi connectivity index (χ1v) is 6.20. The lowest BCUT2D eigenvalue weighted by Gasteiger charge is -2.12. The van der Waals surface area contributed by atoms with Gasteiger partial charge in [0.2, 0.25) is 0 Å². The molecule has 0 atom stereocenters. The third kappa shape index (κ3) is 4.89. The van der Waals surface area contributed by atoms with E-state index in [0.717, 1.165) is 24.3 Å². The van der Waals surface area contributed by atoms with Crippen molar-refractivity contribution in [2.45, 2.75) is 6.42 Å². The molecule has 0 fully saturated rings. The largest absolute Gasteiger partial charge is 0.497 e. The predicted molar refractivity (Wildman–Crippen MR) is 77.5 cm³/mol. The standard InChI is InChI=1S/C13H20N2O2S/c1-15(2)5-4-6-17-12-8-10(13(14)18)7-11(9-12)16-3/h7-9H,4-6H2,1-3H3,(H2,14,18). The summed E-state index contributed by atoms with van der Waals surface area (Å²) in [4.78, 5) is 2.46. The van der Waals surface area contributed by atoms with Crippen molar-refractivity contribution in [3.8, 4) is 11.5 Å². The average molecular weight is 268 g/mol. The summed E-state index contributed by atoms with van der Waals surface area (Å²) in [6.07, 6.45) is 0.965. The normalized spacial score (nSPS) is 10.4. The van der Waals surface area contributed by atoms with Gasteiger partial charge >= 0.3 is 0 Å². The van der Waals surface area contributed by atoms with Crippen LogP contribution in [0.3, 0.4) is 0 Å². The van der Waals surface area contributed by atoms with E-state index in [9.17, 15) is 0 Å². The summed E-state index contributed by atoms with van der Waals surface area (Å²) in [7, 11) is 5.68. The highest BCUT2D eigenvalue weighted by Crippen LogP contribution is 2.22. The smallest absolute Gasteiger partial charge is 0.123 e. The molecular formula is C13H20N2O2S. The van der Waals surface area contributed by atoms with Gasteiger partial charge in [-0.1, -0.05) is 12.2 Å². The highest BCUT2D eigenvalue weighted by Gasteiger charge is 2.04. The number of nitrogens with two attached hydrogens (primary N) is 1. The van der Waals surface area contributed by atoms with Crippen molar-refractivity contribution in [1.29, 1.82) is 0 Å². The van der Waals surface area contributed by atoms with Gasteiger partial charge < -0.3 is 20.1 Å². The number of hydrogen-bond donors (Lipinski definition) is 1. The molecule has 5 heteroatoms. The summed E-state index contributed by atoms with van der Waals surface area (Å²) >= 11 is 4.96. The van der Waals surface area contributed by atoms with Crippen LogP contribution in [0.15, 0.2) is 18.2 Å². The van der Waals surface area contributed by atoms with Crippen LogP contribution in [0.2, 0.25) is 0 Å². The molecule has 0 amide bonds. The molecule has 100 valence electrons. The monoisotopic (exact) mass is 268 g/mol. The summed E-state index contributed by atoms with van der Waals surface area (Å²) in [5.41, 5.74) is 6.37. The van der Waals surface area contributed by atoms with Crippen LogP contribution in [0.25, 0.3) is 0 Å². The van der Waals surface area contributed by atoms with Crippen LogP contribution in [0.1, 0.15) is 12.0 Å². The van der Waals surface area contributed by atoms with Crippen molar-refractivity contribution in [2.24, 2.45) is 5.73 Å². The van der Waals surface area contributed by atoms with E-state index in [-0.39, 0.29) is 0 Å². The van der Waals surface area contributed by atoms with Crippen LogP contribution in [0, 0.1) is 0 Å². The van der Waals surface area contributed by atoms with E-state index in [0.29, 0.717) is 17.3 Å². The zero-order valence-corrected chi connectivity index (χ0v) is 11.9. The Labute approximate surface area is 114 Å². The number of methoxy groups -OCH3 is 1. The van der Waals surface area contributed by atoms with Gasteiger partial charge in [0.15, 0.2) is 0 Å². The van der Waals surface area contributed by atoms with Gasteiger partial charge in [0.1, 0.15) is 16.5 Å². The molecule has 18 heavy (non-hydrogen) atoms. The molecule has 0 heterocycles.